The molecule has 4 aliphatic rings. The van der Waals surface area contributed by atoms with Crippen molar-refractivity contribution in [1.82, 2.24) is 20.4 Å². The Balaban J connectivity index is 1.32. The van der Waals surface area contributed by atoms with Gasteiger partial charge in [0.25, 0.3) is 12.3 Å². The molecule has 3 aliphatic heterocycles. The molecule has 2 atom stereocenters. The quantitative estimate of drug-likeness (QED) is 0.190. The summed E-state index contributed by atoms with van der Waals surface area (Å²) in [6.45, 7) is -0.278. The van der Waals surface area contributed by atoms with Gasteiger partial charge in [0.2, 0.25) is 11.5 Å². The largest absolute Gasteiger partial charge is 0.480 e. The summed E-state index contributed by atoms with van der Waals surface area (Å²) in [5.74, 6) is -4.29. The number of hydrogen-bond acceptors (Lipinski definition) is 7. The van der Waals surface area contributed by atoms with Crippen LogP contribution in [0.1, 0.15) is 47.2 Å². The number of ether oxygens (including phenoxy) is 3. The van der Waals surface area contributed by atoms with Crippen LogP contribution in [0.15, 0.2) is 53.5 Å². The summed E-state index contributed by atoms with van der Waals surface area (Å²) in [6, 6.07) is 11.5. The Labute approximate surface area is 275 Å². The number of alkyl halides is 2. The number of nitrogens with zero attached hydrogens (tertiary/aromatic N) is 2. The predicted molar refractivity (Wildman–Crippen MR) is 165 cm³/mol. The van der Waals surface area contributed by atoms with Crippen LogP contribution >= 0.6 is 11.6 Å². The molecule has 0 radical (unpaired) electrons. The van der Waals surface area contributed by atoms with Crippen molar-refractivity contribution >= 4 is 17.5 Å². The first-order valence-corrected chi connectivity index (χ1v) is 15.9. The minimum Gasteiger partial charge on any atom is -0.480 e. The molecule has 0 unspecified atom stereocenters. The Bertz CT molecular complexity index is 2030. The maximum atomic E-state index is 17.1. The van der Waals surface area contributed by atoms with Gasteiger partial charge in [0, 0.05) is 35.2 Å². The first-order chi connectivity index (χ1) is 23.1. The van der Waals surface area contributed by atoms with E-state index < -0.39 is 58.2 Å². The number of carbonyl (C=O) groups excluding carboxylic acids is 1. The van der Waals surface area contributed by atoms with Crippen LogP contribution in [-0.2, 0) is 18.6 Å². The van der Waals surface area contributed by atoms with Crippen LogP contribution in [0.3, 0.4) is 0 Å². The molecule has 8 rings (SSSR count). The highest BCUT2D eigenvalue weighted by Gasteiger charge is 2.50. The van der Waals surface area contributed by atoms with Gasteiger partial charge in [-0.1, -0.05) is 41.9 Å². The van der Waals surface area contributed by atoms with Gasteiger partial charge < -0.3 is 24.8 Å². The molecule has 3 aromatic carbocycles. The maximum absolute atomic E-state index is 17.1. The lowest BCUT2D eigenvalue weighted by Gasteiger charge is -2.35. The van der Waals surface area contributed by atoms with E-state index in [1.165, 1.54) is 6.07 Å². The monoisotopic (exact) mass is 682 g/mol. The summed E-state index contributed by atoms with van der Waals surface area (Å²) in [7, 11) is 0. The summed E-state index contributed by atoms with van der Waals surface area (Å²) in [6.07, 6.45) is 1.36. The molecule has 1 amide bonds. The van der Waals surface area contributed by atoms with E-state index in [9.17, 15) is 18.4 Å². The standard InChI is InChI=1S/C34H27ClF4N4O5/c35-28-20(36)12-21-19(13-34(48-21,24-7-4-10-40-24)16-5-2-1-3-6-16)26(28)27-18(32(44)42-17-8-9-17)11-22-30(29(27)39)47-31-23(46-22)14-41-43(33(31)45)15-25(37)38/h1-3,5-6,11-12,14,17,24-25,40H,4,7-10,13,15H2,(H,42,44)/t24-,34-/m0/s1. The van der Waals surface area contributed by atoms with Gasteiger partial charge in [0.1, 0.15) is 18.1 Å². The molecule has 248 valence electrons. The molecule has 2 fully saturated rings. The fourth-order valence-corrected chi connectivity index (χ4v) is 7.08. The molecule has 2 N–H and O–H groups in total. The van der Waals surface area contributed by atoms with Crippen molar-refractivity contribution in [3.8, 4) is 39.9 Å². The van der Waals surface area contributed by atoms with Crippen LogP contribution in [0.25, 0.3) is 11.1 Å². The van der Waals surface area contributed by atoms with Crippen molar-refractivity contribution in [2.75, 3.05) is 6.54 Å². The lowest BCUT2D eigenvalue weighted by atomic mass is 9.80. The van der Waals surface area contributed by atoms with E-state index in [-0.39, 0.29) is 52.4 Å². The zero-order valence-corrected chi connectivity index (χ0v) is 25.9. The summed E-state index contributed by atoms with van der Waals surface area (Å²) >= 11 is 6.69. The second kappa shape index (κ2) is 11.5. The van der Waals surface area contributed by atoms with Crippen molar-refractivity contribution in [2.24, 2.45) is 0 Å². The zero-order chi connectivity index (χ0) is 33.3. The van der Waals surface area contributed by atoms with Crippen molar-refractivity contribution in [1.29, 1.82) is 0 Å². The average Bonchev–Trinajstić information content (AvgIpc) is 3.54. The first-order valence-electron chi connectivity index (χ1n) is 15.5. The number of fused-ring (bicyclic) bond motifs is 3. The van der Waals surface area contributed by atoms with E-state index in [4.69, 9.17) is 25.8 Å². The highest BCUT2D eigenvalue weighted by atomic mass is 35.5. The molecule has 9 nitrogen and oxygen atoms in total. The molecule has 0 spiro atoms. The second-order valence-electron chi connectivity index (χ2n) is 12.3. The zero-order valence-electron chi connectivity index (χ0n) is 25.1. The number of rotatable bonds is 7. The summed E-state index contributed by atoms with van der Waals surface area (Å²) in [5.41, 5.74) is -1.59. The number of halogens is 5. The number of benzene rings is 3. The minimum absolute atomic E-state index is 0.108. The van der Waals surface area contributed by atoms with Crippen LogP contribution in [0.4, 0.5) is 17.6 Å². The van der Waals surface area contributed by atoms with Crippen molar-refractivity contribution in [3.05, 3.63) is 92.4 Å². The van der Waals surface area contributed by atoms with Gasteiger partial charge in [-0.2, -0.15) is 5.10 Å². The van der Waals surface area contributed by atoms with Gasteiger partial charge in [-0.15, -0.1) is 0 Å². The van der Waals surface area contributed by atoms with Crippen LogP contribution in [-0.4, -0.2) is 40.7 Å². The molecule has 1 aliphatic carbocycles. The summed E-state index contributed by atoms with van der Waals surface area (Å²) in [4.78, 5) is 26.7. The minimum atomic E-state index is -2.90. The number of carbonyl (C=O) groups is 1. The Hall–Kier alpha value is -4.62. The Morgan fingerprint density at radius 1 is 1.06 bits per heavy atom. The number of amides is 1. The molecule has 48 heavy (non-hydrogen) atoms. The fourth-order valence-electron chi connectivity index (χ4n) is 6.82. The first kappa shape index (κ1) is 30.7. The topological polar surface area (TPSA) is 104 Å². The van der Waals surface area contributed by atoms with Crippen molar-refractivity contribution in [2.45, 2.75) is 62.8 Å². The van der Waals surface area contributed by atoms with Crippen molar-refractivity contribution < 1.29 is 36.6 Å². The molecular formula is C34H27ClF4N4O5. The maximum Gasteiger partial charge on any atom is 0.313 e. The smallest absolute Gasteiger partial charge is 0.313 e. The van der Waals surface area contributed by atoms with Crippen LogP contribution < -0.4 is 30.4 Å². The Morgan fingerprint density at radius 2 is 1.85 bits per heavy atom. The van der Waals surface area contributed by atoms with Gasteiger partial charge in [0.05, 0.1) is 22.8 Å². The highest BCUT2D eigenvalue weighted by Crippen LogP contribution is 2.55. The van der Waals surface area contributed by atoms with Gasteiger partial charge in [-0.25, -0.2) is 22.2 Å². The molecular weight excluding hydrogens is 656 g/mol. The van der Waals surface area contributed by atoms with E-state index in [1.807, 2.05) is 30.3 Å². The van der Waals surface area contributed by atoms with Crippen LogP contribution in [0.5, 0.6) is 28.7 Å². The average molecular weight is 683 g/mol. The third-order valence-electron chi connectivity index (χ3n) is 9.20. The fraction of sp³-hybridized carbons (Fsp3) is 0.324. The lowest BCUT2D eigenvalue weighted by molar-refractivity contribution is 0.0539. The third kappa shape index (κ3) is 4.98. The molecule has 4 heterocycles. The SMILES string of the molecule is O=C(NC1CC1)c1cc2c(c(F)c1-c1c(Cl)c(F)cc3c1C[C@](c1ccccc1)([C@@H]1CCCN1)O3)Oc1c(cnn(CC(F)F)c1=O)O2. The van der Waals surface area contributed by atoms with Gasteiger partial charge in [0.15, 0.2) is 22.9 Å². The van der Waals surface area contributed by atoms with E-state index in [0.29, 0.717) is 10.2 Å². The summed E-state index contributed by atoms with van der Waals surface area (Å²) < 4.78 is 77.6. The van der Waals surface area contributed by atoms with Crippen molar-refractivity contribution in [3.63, 3.8) is 0 Å². The number of hydrogen-bond donors (Lipinski definition) is 2. The summed E-state index contributed by atoms with van der Waals surface area (Å²) in [5, 5.41) is 9.59. The molecule has 1 saturated heterocycles. The Morgan fingerprint density at radius 3 is 2.56 bits per heavy atom. The molecule has 1 aromatic heterocycles. The predicted octanol–water partition coefficient (Wildman–Crippen LogP) is 6.48. The molecule has 14 heteroatoms. The highest BCUT2D eigenvalue weighted by molar-refractivity contribution is 6.34. The molecule has 4 aromatic rings. The Kier molecular flexibility index (Phi) is 7.37. The van der Waals surface area contributed by atoms with Crippen LogP contribution in [0, 0.1) is 11.6 Å². The van der Waals surface area contributed by atoms with E-state index >= 15 is 8.78 Å². The molecule has 0 bridgehead atoms. The third-order valence-corrected chi connectivity index (χ3v) is 9.57. The van der Waals surface area contributed by atoms with Crippen LogP contribution in [0.2, 0.25) is 5.02 Å². The normalized spacial score (nSPS) is 20.8. The second-order valence-corrected chi connectivity index (χ2v) is 12.7. The van der Waals surface area contributed by atoms with Gasteiger partial charge in [-0.05, 0) is 43.9 Å². The molecule has 1 saturated carbocycles. The number of aromatic nitrogens is 2. The van der Waals surface area contributed by atoms with E-state index in [1.54, 1.807) is 0 Å². The van der Waals surface area contributed by atoms with Gasteiger partial charge in [-0.3, -0.25) is 9.59 Å². The van der Waals surface area contributed by atoms with E-state index in [0.717, 1.165) is 50.1 Å². The van der Waals surface area contributed by atoms with E-state index in [2.05, 4.69) is 15.7 Å². The van der Waals surface area contributed by atoms with Gasteiger partial charge >= 0.3 is 5.56 Å². The lowest BCUT2D eigenvalue weighted by Crippen LogP contribution is -2.48. The number of nitrogens with one attached hydrogen (secondary N) is 2.